The van der Waals surface area contributed by atoms with Crippen molar-refractivity contribution in [1.82, 2.24) is 14.5 Å². The summed E-state index contributed by atoms with van der Waals surface area (Å²) in [6, 6.07) is 6.62. The Hall–Kier alpha value is -2.19. The minimum absolute atomic E-state index is 0.0372. The summed E-state index contributed by atoms with van der Waals surface area (Å²) in [5.41, 5.74) is 1.54. The van der Waals surface area contributed by atoms with Gasteiger partial charge in [0.25, 0.3) is 0 Å². The Bertz CT molecular complexity index is 800. The van der Waals surface area contributed by atoms with E-state index in [0.717, 1.165) is 5.56 Å². The monoisotopic (exact) mass is 334 g/mol. The van der Waals surface area contributed by atoms with Crippen molar-refractivity contribution >= 4 is 21.6 Å². The number of fused-ring (bicyclic) bond motifs is 1. The number of nitrogens with zero attached hydrogens (tertiary/aromatic N) is 2. The SMILES string of the molecule is O=C1CCc2cc(S(=O)(=O)NCCCn3cccn3)ccc2N1. The highest BCUT2D eigenvalue weighted by Gasteiger charge is 2.19. The Kier molecular flexibility index (Phi) is 4.44. The molecular formula is C15H18N4O3S. The van der Waals surface area contributed by atoms with Gasteiger partial charge in [-0.2, -0.15) is 5.10 Å². The van der Waals surface area contributed by atoms with Gasteiger partial charge < -0.3 is 5.32 Å². The highest BCUT2D eigenvalue weighted by Crippen LogP contribution is 2.25. The van der Waals surface area contributed by atoms with Gasteiger partial charge in [0.1, 0.15) is 0 Å². The number of amides is 1. The van der Waals surface area contributed by atoms with E-state index in [0.29, 0.717) is 38.0 Å². The van der Waals surface area contributed by atoms with Crippen molar-refractivity contribution in [3.63, 3.8) is 0 Å². The van der Waals surface area contributed by atoms with Crippen LogP contribution < -0.4 is 10.0 Å². The number of aryl methyl sites for hydroxylation is 2. The Morgan fingerprint density at radius 2 is 2.17 bits per heavy atom. The van der Waals surface area contributed by atoms with E-state index in [4.69, 9.17) is 0 Å². The minimum atomic E-state index is -3.54. The van der Waals surface area contributed by atoms with Crippen LogP contribution in [0, 0.1) is 0 Å². The summed E-state index contributed by atoms with van der Waals surface area (Å²) in [6.45, 7) is 1.00. The van der Waals surface area contributed by atoms with Gasteiger partial charge in [0.05, 0.1) is 4.90 Å². The van der Waals surface area contributed by atoms with E-state index >= 15 is 0 Å². The Morgan fingerprint density at radius 1 is 1.30 bits per heavy atom. The van der Waals surface area contributed by atoms with Crippen LogP contribution in [0.15, 0.2) is 41.6 Å². The van der Waals surface area contributed by atoms with Crippen LogP contribution in [0.1, 0.15) is 18.4 Å². The number of carbonyl (C=O) groups is 1. The molecule has 0 radical (unpaired) electrons. The van der Waals surface area contributed by atoms with Gasteiger partial charge in [0.2, 0.25) is 15.9 Å². The molecule has 1 aromatic heterocycles. The molecule has 0 saturated heterocycles. The minimum Gasteiger partial charge on any atom is -0.326 e. The highest BCUT2D eigenvalue weighted by molar-refractivity contribution is 7.89. The highest BCUT2D eigenvalue weighted by atomic mass is 32.2. The third-order valence-electron chi connectivity index (χ3n) is 3.70. The molecule has 23 heavy (non-hydrogen) atoms. The summed E-state index contributed by atoms with van der Waals surface area (Å²) in [6.07, 6.45) is 5.13. The van der Waals surface area contributed by atoms with Gasteiger partial charge in [-0.1, -0.05) is 0 Å². The van der Waals surface area contributed by atoms with Crippen LogP contribution in [-0.2, 0) is 27.8 Å². The first kappa shape index (κ1) is 15.7. The Morgan fingerprint density at radius 3 is 2.96 bits per heavy atom. The van der Waals surface area contributed by atoms with Crippen molar-refractivity contribution in [1.29, 1.82) is 0 Å². The van der Waals surface area contributed by atoms with E-state index < -0.39 is 10.0 Å². The lowest BCUT2D eigenvalue weighted by Gasteiger charge is -2.17. The second kappa shape index (κ2) is 6.51. The third kappa shape index (κ3) is 3.77. The number of carbonyl (C=O) groups excluding carboxylic acids is 1. The van der Waals surface area contributed by atoms with Gasteiger partial charge in [-0.25, -0.2) is 13.1 Å². The van der Waals surface area contributed by atoms with Gasteiger partial charge in [-0.15, -0.1) is 0 Å². The molecule has 1 aromatic carbocycles. The van der Waals surface area contributed by atoms with Crippen LogP contribution in [-0.4, -0.2) is 30.7 Å². The molecule has 0 saturated carbocycles. The van der Waals surface area contributed by atoms with Crippen molar-refractivity contribution in [2.45, 2.75) is 30.7 Å². The van der Waals surface area contributed by atoms with Crippen LogP contribution in [0.25, 0.3) is 0 Å². The van der Waals surface area contributed by atoms with Crippen LogP contribution in [0.4, 0.5) is 5.69 Å². The molecule has 3 rings (SSSR count). The Balaban J connectivity index is 1.62. The standard InChI is InChI=1S/C15H18N4O3S/c20-15-6-3-12-11-13(4-5-14(12)18-15)23(21,22)17-8-2-10-19-9-1-7-16-19/h1,4-5,7,9,11,17H,2-3,6,8,10H2,(H,18,20). The number of anilines is 1. The molecule has 0 fully saturated rings. The van der Waals surface area contributed by atoms with E-state index in [1.165, 1.54) is 6.07 Å². The molecule has 0 atom stereocenters. The fraction of sp³-hybridized carbons (Fsp3) is 0.333. The zero-order chi connectivity index (χ0) is 16.3. The summed E-state index contributed by atoms with van der Waals surface area (Å²) < 4.78 is 29.0. The maximum atomic E-state index is 12.3. The molecule has 2 N–H and O–H groups in total. The number of nitrogens with one attached hydrogen (secondary N) is 2. The molecule has 0 unspecified atom stereocenters. The van der Waals surface area contributed by atoms with Gasteiger partial charge in [0, 0.05) is 37.6 Å². The number of rotatable bonds is 6. The lowest BCUT2D eigenvalue weighted by atomic mass is 10.0. The lowest BCUT2D eigenvalue weighted by Crippen LogP contribution is -2.26. The summed E-state index contributed by atoms with van der Waals surface area (Å²) in [7, 11) is -3.54. The summed E-state index contributed by atoms with van der Waals surface area (Å²) in [5, 5.41) is 6.81. The fourth-order valence-corrected chi connectivity index (χ4v) is 3.61. The predicted octanol–water partition coefficient (Wildman–Crippen LogP) is 1.14. The summed E-state index contributed by atoms with van der Waals surface area (Å²) >= 11 is 0. The molecule has 0 aliphatic carbocycles. The van der Waals surface area contributed by atoms with Crippen LogP contribution >= 0.6 is 0 Å². The number of sulfonamides is 1. The molecule has 8 heteroatoms. The average molecular weight is 334 g/mol. The quantitative estimate of drug-likeness (QED) is 0.775. The van der Waals surface area contributed by atoms with Crippen LogP contribution in [0.3, 0.4) is 0 Å². The zero-order valence-electron chi connectivity index (χ0n) is 12.5. The lowest BCUT2D eigenvalue weighted by molar-refractivity contribution is -0.116. The van der Waals surface area contributed by atoms with E-state index in [1.54, 1.807) is 23.0 Å². The molecule has 2 heterocycles. The van der Waals surface area contributed by atoms with Crippen molar-refractivity contribution in [3.05, 3.63) is 42.2 Å². The maximum Gasteiger partial charge on any atom is 0.240 e. The van der Waals surface area contributed by atoms with Crippen LogP contribution in [0.2, 0.25) is 0 Å². The Labute approximate surface area is 134 Å². The summed E-state index contributed by atoms with van der Waals surface area (Å²) in [4.78, 5) is 11.6. The van der Waals surface area contributed by atoms with E-state index in [9.17, 15) is 13.2 Å². The second-order valence-electron chi connectivity index (χ2n) is 5.39. The van der Waals surface area contributed by atoms with Crippen molar-refractivity contribution in [2.24, 2.45) is 0 Å². The van der Waals surface area contributed by atoms with Gasteiger partial charge >= 0.3 is 0 Å². The van der Waals surface area contributed by atoms with Crippen molar-refractivity contribution in [2.75, 3.05) is 11.9 Å². The van der Waals surface area contributed by atoms with E-state index in [1.807, 2.05) is 12.3 Å². The normalized spacial score (nSPS) is 14.3. The molecule has 1 aliphatic rings. The number of aromatic nitrogens is 2. The van der Waals surface area contributed by atoms with Gasteiger partial charge in [-0.05, 0) is 42.7 Å². The first-order chi connectivity index (χ1) is 11.0. The zero-order valence-corrected chi connectivity index (χ0v) is 13.3. The maximum absolute atomic E-state index is 12.3. The molecule has 122 valence electrons. The van der Waals surface area contributed by atoms with Gasteiger partial charge in [-0.3, -0.25) is 9.48 Å². The average Bonchev–Trinajstić information content (AvgIpc) is 3.04. The third-order valence-corrected chi connectivity index (χ3v) is 5.16. The van der Waals surface area contributed by atoms with Crippen LogP contribution in [0.5, 0.6) is 0 Å². The molecule has 1 amide bonds. The smallest absolute Gasteiger partial charge is 0.240 e. The molecule has 1 aliphatic heterocycles. The topological polar surface area (TPSA) is 93.1 Å². The first-order valence-corrected chi connectivity index (χ1v) is 8.93. The molecule has 7 nitrogen and oxygen atoms in total. The first-order valence-electron chi connectivity index (χ1n) is 7.44. The summed E-state index contributed by atoms with van der Waals surface area (Å²) in [5.74, 6) is -0.0372. The fourth-order valence-electron chi connectivity index (χ4n) is 2.49. The second-order valence-corrected chi connectivity index (χ2v) is 7.15. The number of benzene rings is 1. The molecule has 0 spiro atoms. The predicted molar refractivity (Wildman–Crippen MR) is 85.4 cm³/mol. The van der Waals surface area contributed by atoms with Gasteiger partial charge in [0.15, 0.2) is 0 Å². The van der Waals surface area contributed by atoms with Crippen molar-refractivity contribution < 1.29 is 13.2 Å². The van der Waals surface area contributed by atoms with E-state index in [-0.39, 0.29) is 10.8 Å². The molecule has 2 aromatic rings. The van der Waals surface area contributed by atoms with Crippen molar-refractivity contribution in [3.8, 4) is 0 Å². The molecular weight excluding hydrogens is 316 g/mol. The van der Waals surface area contributed by atoms with E-state index in [2.05, 4.69) is 15.1 Å². The number of hydrogen-bond donors (Lipinski definition) is 2. The number of hydrogen-bond acceptors (Lipinski definition) is 4. The molecule has 0 bridgehead atoms. The largest absolute Gasteiger partial charge is 0.326 e.